The van der Waals surface area contributed by atoms with Gasteiger partial charge in [0.25, 0.3) is 0 Å². The highest BCUT2D eigenvalue weighted by Gasteiger charge is 2.33. The first-order valence-electron chi connectivity index (χ1n) is 3.51. The molecule has 1 atom stereocenters. The Balaban J connectivity index is 3.07. The van der Waals surface area contributed by atoms with Crippen LogP contribution in [0.2, 0.25) is 0 Å². The Labute approximate surface area is 95.2 Å². The number of hydrogen-bond acceptors (Lipinski definition) is 1. The van der Waals surface area contributed by atoms with E-state index in [1.807, 2.05) is 0 Å². The third-order valence-corrected chi connectivity index (χ3v) is 2.38. The lowest BCUT2D eigenvalue weighted by molar-refractivity contribution is 0.113. The first-order valence-corrected chi connectivity index (χ1v) is 5.10. The van der Waals surface area contributed by atoms with Gasteiger partial charge in [0.15, 0.2) is 0 Å². The molecule has 0 saturated heterocycles. The van der Waals surface area contributed by atoms with E-state index in [9.17, 15) is 18.3 Å². The molecule has 14 heavy (non-hydrogen) atoms. The maximum Gasteiger partial charge on any atom is 0.248 e. The van der Waals surface area contributed by atoms with Crippen LogP contribution in [0.1, 0.15) is 11.7 Å². The van der Waals surface area contributed by atoms with E-state index in [1.165, 1.54) is 0 Å². The van der Waals surface area contributed by atoms with Crippen LogP contribution < -0.4 is 0 Å². The summed E-state index contributed by atoms with van der Waals surface area (Å²) in [5, 5.41) is 9.30. The lowest BCUT2D eigenvalue weighted by Crippen LogP contribution is -2.16. The summed E-state index contributed by atoms with van der Waals surface area (Å²) in [6.45, 7) is 0. The number of alkyl halides is 3. The van der Waals surface area contributed by atoms with Gasteiger partial charge in [-0.1, -0.05) is 0 Å². The molecule has 1 nitrogen and oxygen atoms in total. The molecule has 0 fully saturated rings. The van der Waals surface area contributed by atoms with Gasteiger partial charge in [0.1, 0.15) is 17.7 Å². The standard InChI is InChI=1S/C8H5Br2F3O/c9-8(10,13)7(14)4-1-5(11)3-6(12)2-4/h1-3,7,14H. The summed E-state index contributed by atoms with van der Waals surface area (Å²) < 4.78 is 36.1. The molecule has 0 aliphatic carbocycles. The third kappa shape index (κ3) is 2.96. The van der Waals surface area contributed by atoms with Crippen molar-refractivity contribution in [3.05, 3.63) is 35.4 Å². The van der Waals surface area contributed by atoms with Crippen LogP contribution in [0.25, 0.3) is 0 Å². The molecule has 0 radical (unpaired) electrons. The molecular weight excluding hydrogens is 329 g/mol. The number of aliphatic hydroxyl groups excluding tert-OH is 1. The molecule has 0 aliphatic rings. The van der Waals surface area contributed by atoms with Gasteiger partial charge in [0.2, 0.25) is 3.49 Å². The second-order valence-corrected chi connectivity index (χ2v) is 6.02. The van der Waals surface area contributed by atoms with Crippen LogP contribution in [0.15, 0.2) is 18.2 Å². The van der Waals surface area contributed by atoms with Gasteiger partial charge in [-0.05, 0) is 49.6 Å². The van der Waals surface area contributed by atoms with Gasteiger partial charge < -0.3 is 5.11 Å². The minimum Gasteiger partial charge on any atom is -0.383 e. The Kier molecular flexibility index (Phi) is 3.60. The molecule has 0 amide bonds. The predicted molar refractivity (Wildman–Crippen MR) is 53.0 cm³/mol. The fraction of sp³-hybridized carbons (Fsp3) is 0.250. The van der Waals surface area contributed by atoms with E-state index in [0.717, 1.165) is 12.1 Å². The maximum absolute atomic E-state index is 13.1. The fourth-order valence-corrected chi connectivity index (χ4v) is 1.45. The molecule has 0 aromatic heterocycles. The molecule has 0 heterocycles. The van der Waals surface area contributed by atoms with Crippen molar-refractivity contribution in [2.45, 2.75) is 9.59 Å². The van der Waals surface area contributed by atoms with Crippen LogP contribution >= 0.6 is 31.9 Å². The van der Waals surface area contributed by atoms with Crippen LogP contribution in [0, 0.1) is 11.6 Å². The molecule has 0 spiro atoms. The van der Waals surface area contributed by atoms with E-state index in [1.54, 1.807) is 0 Å². The SMILES string of the molecule is OC(c1cc(F)cc(F)c1)C(F)(Br)Br. The van der Waals surface area contributed by atoms with Crippen molar-refractivity contribution in [3.63, 3.8) is 0 Å². The van der Waals surface area contributed by atoms with Crippen molar-refractivity contribution in [2.24, 2.45) is 0 Å². The highest BCUT2D eigenvalue weighted by Crippen LogP contribution is 2.40. The smallest absolute Gasteiger partial charge is 0.248 e. The molecule has 1 unspecified atom stereocenters. The first kappa shape index (κ1) is 12.0. The number of halogens is 5. The number of rotatable bonds is 2. The number of hydrogen-bond donors (Lipinski definition) is 1. The Hall–Kier alpha value is -0.0700. The van der Waals surface area contributed by atoms with E-state index < -0.39 is 21.2 Å². The minimum absolute atomic E-state index is 0.196. The van der Waals surface area contributed by atoms with Crippen LogP contribution in [-0.2, 0) is 0 Å². The maximum atomic E-state index is 13.1. The zero-order chi connectivity index (χ0) is 10.9. The summed E-state index contributed by atoms with van der Waals surface area (Å²) >= 11 is 4.97. The van der Waals surface area contributed by atoms with Gasteiger partial charge in [-0.2, -0.15) is 0 Å². The average molecular weight is 334 g/mol. The highest BCUT2D eigenvalue weighted by atomic mass is 79.9. The van der Waals surface area contributed by atoms with Gasteiger partial charge in [-0.3, -0.25) is 0 Å². The highest BCUT2D eigenvalue weighted by molar-refractivity contribution is 9.25. The van der Waals surface area contributed by atoms with E-state index >= 15 is 0 Å². The Morgan fingerprint density at radius 2 is 1.57 bits per heavy atom. The molecule has 1 aromatic rings. The third-order valence-electron chi connectivity index (χ3n) is 1.51. The summed E-state index contributed by atoms with van der Waals surface area (Å²) in [5.74, 6) is -1.74. The minimum atomic E-state index is -2.31. The molecule has 1 rings (SSSR count). The van der Waals surface area contributed by atoms with E-state index in [0.29, 0.717) is 6.07 Å². The number of aliphatic hydroxyl groups is 1. The Bertz CT molecular complexity index is 318. The van der Waals surface area contributed by atoms with Gasteiger partial charge >= 0.3 is 0 Å². The Morgan fingerprint density at radius 3 is 1.93 bits per heavy atom. The first-order chi connectivity index (χ1) is 6.30. The van der Waals surface area contributed by atoms with Crippen LogP contribution in [0.3, 0.4) is 0 Å². The van der Waals surface area contributed by atoms with Crippen molar-refractivity contribution in [2.75, 3.05) is 0 Å². The van der Waals surface area contributed by atoms with E-state index in [2.05, 4.69) is 31.9 Å². The molecular formula is C8H5Br2F3O. The lowest BCUT2D eigenvalue weighted by Gasteiger charge is -2.18. The van der Waals surface area contributed by atoms with Gasteiger partial charge in [0, 0.05) is 6.07 Å². The van der Waals surface area contributed by atoms with Crippen LogP contribution in [0.4, 0.5) is 13.2 Å². The van der Waals surface area contributed by atoms with E-state index in [4.69, 9.17) is 0 Å². The van der Waals surface area contributed by atoms with Gasteiger partial charge in [-0.25, -0.2) is 13.2 Å². The fourth-order valence-electron chi connectivity index (χ4n) is 0.922. The Morgan fingerprint density at radius 1 is 1.14 bits per heavy atom. The zero-order valence-corrected chi connectivity index (χ0v) is 9.82. The molecule has 78 valence electrons. The van der Waals surface area contributed by atoms with Gasteiger partial charge in [-0.15, -0.1) is 0 Å². The molecule has 0 bridgehead atoms. The largest absolute Gasteiger partial charge is 0.383 e. The monoisotopic (exact) mass is 332 g/mol. The summed E-state index contributed by atoms with van der Waals surface area (Å²) in [4.78, 5) is 0. The normalized spacial score (nSPS) is 14.1. The molecule has 1 N–H and O–H groups in total. The summed E-state index contributed by atoms with van der Waals surface area (Å²) in [5.41, 5.74) is -0.196. The topological polar surface area (TPSA) is 20.2 Å². The summed E-state index contributed by atoms with van der Waals surface area (Å²) in [6.07, 6.45) is -1.70. The van der Waals surface area contributed by atoms with E-state index in [-0.39, 0.29) is 5.56 Å². The second kappa shape index (κ2) is 4.20. The summed E-state index contributed by atoms with van der Waals surface area (Å²) in [7, 11) is 0. The van der Waals surface area contributed by atoms with Crippen molar-refractivity contribution in [1.82, 2.24) is 0 Å². The zero-order valence-electron chi connectivity index (χ0n) is 6.65. The lowest BCUT2D eigenvalue weighted by atomic mass is 10.1. The predicted octanol–water partition coefficient (Wildman–Crippen LogP) is 3.41. The molecule has 6 heteroatoms. The van der Waals surface area contributed by atoms with Crippen molar-refractivity contribution >= 4 is 31.9 Å². The molecule has 1 aromatic carbocycles. The van der Waals surface area contributed by atoms with Gasteiger partial charge in [0.05, 0.1) is 0 Å². The quantitative estimate of drug-likeness (QED) is 0.822. The van der Waals surface area contributed by atoms with Crippen molar-refractivity contribution < 1.29 is 18.3 Å². The molecule has 0 aliphatic heterocycles. The van der Waals surface area contributed by atoms with Crippen molar-refractivity contribution in [1.29, 1.82) is 0 Å². The average Bonchev–Trinajstić information content (AvgIpc) is 1.99. The number of benzene rings is 1. The second-order valence-electron chi connectivity index (χ2n) is 2.65. The summed E-state index contributed by atoms with van der Waals surface area (Å²) in [6, 6.07) is 2.34. The van der Waals surface area contributed by atoms with Crippen LogP contribution in [0.5, 0.6) is 0 Å². The van der Waals surface area contributed by atoms with Crippen molar-refractivity contribution in [3.8, 4) is 0 Å². The molecule has 0 saturated carbocycles. The van der Waals surface area contributed by atoms with Crippen LogP contribution in [-0.4, -0.2) is 8.59 Å².